The summed E-state index contributed by atoms with van der Waals surface area (Å²) < 4.78 is 4.39. The molecule has 0 atom stereocenters. The molecule has 0 unspecified atom stereocenters. The average Bonchev–Trinajstić information content (AvgIpc) is 2.99. The summed E-state index contributed by atoms with van der Waals surface area (Å²) in [6, 6.07) is 7.59. The number of aryl methyl sites for hydroxylation is 3. The molecule has 0 spiro atoms. The van der Waals surface area contributed by atoms with Crippen LogP contribution >= 0.6 is 23.4 Å². The van der Waals surface area contributed by atoms with Crippen LogP contribution in [0.4, 0.5) is 11.5 Å². The van der Waals surface area contributed by atoms with E-state index >= 15 is 0 Å². The summed E-state index contributed by atoms with van der Waals surface area (Å²) in [6.07, 6.45) is 1.42. The van der Waals surface area contributed by atoms with E-state index in [-0.39, 0.29) is 0 Å². The Kier molecular flexibility index (Phi) is 6.38. The fraction of sp³-hybridized carbons (Fsp3) is 0.333. The van der Waals surface area contributed by atoms with Crippen molar-refractivity contribution in [2.45, 2.75) is 50.8 Å². The lowest BCUT2D eigenvalue weighted by molar-refractivity contribution is -0.138. The van der Waals surface area contributed by atoms with Crippen LogP contribution < -0.4 is 4.90 Å². The molecule has 30 heavy (non-hydrogen) atoms. The molecular weight excluding hydrogens is 424 g/mol. The summed E-state index contributed by atoms with van der Waals surface area (Å²) in [5.41, 5.74) is 3.63. The molecule has 2 heterocycles. The monoisotopic (exact) mass is 446 g/mol. The molecule has 0 saturated carbocycles. The van der Waals surface area contributed by atoms with Crippen molar-refractivity contribution in [2.24, 2.45) is 0 Å². The third-order valence-electron chi connectivity index (χ3n) is 4.74. The summed E-state index contributed by atoms with van der Waals surface area (Å²) >= 11 is 7.43. The van der Waals surface area contributed by atoms with E-state index in [1.54, 1.807) is 19.9 Å². The highest BCUT2D eigenvalue weighted by atomic mass is 35.5. The van der Waals surface area contributed by atoms with Gasteiger partial charge in [0, 0.05) is 22.2 Å². The van der Waals surface area contributed by atoms with Crippen LogP contribution in [0.5, 0.6) is 0 Å². The van der Waals surface area contributed by atoms with Gasteiger partial charge >= 0.3 is 5.97 Å². The Balaban J connectivity index is 2.01. The minimum Gasteiger partial charge on any atom is -0.480 e. The number of anilines is 2. The number of halogens is 1. The number of aliphatic carboxylic acids is 1. The maximum Gasteiger partial charge on any atom is 0.319 e. The Labute approximate surface area is 184 Å². The molecule has 0 radical (unpaired) electrons. The number of benzene rings is 1. The van der Waals surface area contributed by atoms with Gasteiger partial charge < -0.3 is 14.5 Å². The molecule has 9 heteroatoms. The molecule has 7 nitrogen and oxygen atoms in total. The van der Waals surface area contributed by atoms with Gasteiger partial charge in [-0.25, -0.2) is 9.97 Å². The molecule has 1 aromatic carbocycles. The molecule has 1 N–H and O–H groups in total. The van der Waals surface area contributed by atoms with E-state index in [2.05, 4.69) is 15.1 Å². The van der Waals surface area contributed by atoms with Crippen molar-refractivity contribution in [3.05, 3.63) is 58.3 Å². The summed E-state index contributed by atoms with van der Waals surface area (Å²) in [4.78, 5) is 22.8. The molecule has 158 valence electrons. The molecule has 0 amide bonds. The number of thioether (sulfide) groups is 1. The maximum atomic E-state index is 11.5. The topological polar surface area (TPSA) is 92.4 Å². The minimum atomic E-state index is -0.928. The van der Waals surface area contributed by atoms with E-state index in [9.17, 15) is 9.90 Å². The summed E-state index contributed by atoms with van der Waals surface area (Å²) in [6.45, 7) is 9.61. The quantitative estimate of drug-likeness (QED) is 0.384. The van der Waals surface area contributed by atoms with E-state index in [0.29, 0.717) is 17.5 Å². The van der Waals surface area contributed by atoms with Gasteiger partial charge in [-0.05, 0) is 58.4 Å². The second kappa shape index (κ2) is 8.65. The number of carboxylic acid groups (broad SMARTS) is 1. The lowest BCUT2D eigenvalue weighted by Gasteiger charge is -2.25. The molecule has 3 rings (SSSR count). The SMILES string of the molecule is Cc1cc(N(Cc2c(C)noc2C)c2cc(Cl)ncn2)ccc1SC(C)(C)C(=O)O. The standard InChI is InChI=1S/C21H23ClN4O3S/c1-12-8-15(6-7-17(12)30-21(4,5)20(27)28)26(19-9-18(22)23-11-24-19)10-16-13(2)25-29-14(16)3/h6-9,11H,10H2,1-5H3,(H,27,28). The van der Waals surface area contributed by atoms with Crippen LogP contribution in [0.3, 0.4) is 0 Å². The Hall–Kier alpha value is -2.58. The Morgan fingerprint density at radius 3 is 2.53 bits per heavy atom. The second-order valence-electron chi connectivity index (χ2n) is 7.46. The van der Waals surface area contributed by atoms with E-state index in [0.717, 1.165) is 33.2 Å². The van der Waals surface area contributed by atoms with Crippen LogP contribution in [0.1, 0.15) is 36.4 Å². The molecule has 0 aliphatic heterocycles. The molecule has 0 aliphatic rings. The summed E-state index contributed by atoms with van der Waals surface area (Å²) in [7, 11) is 0. The van der Waals surface area contributed by atoms with E-state index in [4.69, 9.17) is 16.1 Å². The van der Waals surface area contributed by atoms with E-state index < -0.39 is 10.7 Å². The summed E-state index contributed by atoms with van der Waals surface area (Å²) in [5, 5.41) is 13.8. The van der Waals surface area contributed by atoms with Crippen LogP contribution in [0, 0.1) is 20.8 Å². The van der Waals surface area contributed by atoms with Gasteiger partial charge in [0.1, 0.15) is 27.8 Å². The predicted octanol–water partition coefficient (Wildman–Crippen LogP) is 5.34. The molecule has 2 aromatic heterocycles. The lowest BCUT2D eigenvalue weighted by atomic mass is 10.1. The van der Waals surface area contributed by atoms with Crippen LogP contribution in [0.15, 0.2) is 40.0 Å². The first-order valence-electron chi connectivity index (χ1n) is 9.28. The number of carboxylic acids is 1. The first-order chi connectivity index (χ1) is 14.1. The van der Waals surface area contributed by atoms with Crippen LogP contribution in [0.2, 0.25) is 5.15 Å². The minimum absolute atomic E-state index is 0.343. The van der Waals surface area contributed by atoms with Crippen molar-refractivity contribution in [2.75, 3.05) is 4.90 Å². The third-order valence-corrected chi connectivity index (χ3v) is 6.31. The van der Waals surface area contributed by atoms with Gasteiger partial charge in [-0.2, -0.15) is 0 Å². The number of hydrogen-bond donors (Lipinski definition) is 1. The molecule has 0 saturated heterocycles. The third kappa shape index (κ3) is 4.76. The number of rotatable bonds is 7. The first kappa shape index (κ1) is 22.1. The van der Waals surface area contributed by atoms with Gasteiger partial charge in [0.2, 0.25) is 0 Å². The number of aromatic nitrogens is 3. The van der Waals surface area contributed by atoms with E-state index in [1.807, 2.05) is 43.9 Å². The van der Waals surface area contributed by atoms with Gasteiger partial charge in [0.05, 0.1) is 12.2 Å². The highest BCUT2D eigenvalue weighted by Crippen LogP contribution is 2.37. The van der Waals surface area contributed by atoms with Crippen molar-refractivity contribution in [3.63, 3.8) is 0 Å². The number of carbonyl (C=O) groups is 1. The molecule has 3 aromatic rings. The van der Waals surface area contributed by atoms with Crippen molar-refractivity contribution in [1.82, 2.24) is 15.1 Å². The zero-order chi connectivity index (χ0) is 22.1. The van der Waals surface area contributed by atoms with Crippen LogP contribution in [-0.2, 0) is 11.3 Å². The average molecular weight is 447 g/mol. The van der Waals surface area contributed by atoms with Crippen molar-refractivity contribution >= 4 is 40.8 Å². The van der Waals surface area contributed by atoms with Crippen LogP contribution in [-0.4, -0.2) is 30.9 Å². The van der Waals surface area contributed by atoms with Crippen LogP contribution in [0.25, 0.3) is 0 Å². The molecule has 0 bridgehead atoms. The van der Waals surface area contributed by atoms with E-state index in [1.165, 1.54) is 18.1 Å². The van der Waals surface area contributed by atoms with Crippen molar-refractivity contribution in [1.29, 1.82) is 0 Å². The highest BCUT2D eigenvalue weighted by molar-refractivity contribution is 8.01. The van der Waals surface area contributed by atoms with Crippen molar-refractivity contribution < 1.29 is 14.4 Å². The van der Waals surface area contributed by atoms with Gasteiger partial charge in [0.25, 0.3) is 0 Å². The van der Waals surface area contributed by atoms with Gasteiger partial charge in [-0.1, -0.05) is 16.8 Å². The molecule has 0 aliphatic carbocycles. The fourth-order valence-electron chi connectivity index (χ4n) is 2.90. The summed E-state index contributed by atoms with van der Waals surface area (Å²) in [5.74, 6) is 0.525. The predicted molar refractivity (Wildman–Crippen MR) is 118 cm³/mol. The highest BCUT2D eigenvalue weighted by Gasteiger charge is 2.29. The number of hydrogen-bond acceptors (Lipinski definition) is 7. The normalized spacial score (nSPS) is 11.5. The smallest absolute Gasteiger partial charge is 0.319 e. The lowest BCUT2D eigenvalue weighted by Crippen LogP contribution is -2.27. The zero-order valence-corrected chi connectivity index (χ0v) is 19.0. The Morgan fingerprint density at radius 2 is 1.97 bits per heavy atom. The zero-order valence-electron chi connectivity index (χ0n) is 17.4. The molecule has 0 fully saturated rings. The van der Waals surface area contributed by atoms with Gasteiger partial charge in [-0.3, -0.25) is 4.79 Å². The maximum absolute atomic E-state index is 11.5. The second-order valence-corrected chi connectivity index (χ2v) is 9.51. The van der Waals surface area contributed by atoms with Gasteiger partial charge in [-0.15, -0.1) is 11.8 Å². The molecular formula is C21H23ClN4O3S. The first-order valence-corrected chi connectivity index (χ1v) is 10.5. The Bertz CT molecular complexity index is 1060. The largest absolute Gasteiger partial charge is 0.480 e. The fourth-order valence-corrected chi connectivity index (χ4v) is 4.03. The van der Waals surface area contributed by atoms with Crippen molar-refractivity contribution in [3.8, 4) is 0 Å². The van der Waals surface area contributed by atoms with Gasteiger partial charge in [0.15, 0.2) is 0 Å². The number of nitrogens with zero attached hydrogens (tertiary/aromatic N) is 4. The Morgan fingerprint density at radius 1 is 1.23 bits per heavy atom.